The normalized spacial score (nSPS) is 10.8. The molecule has 0 fully saturated rings. The molecule has 2 rings (SSSR count). The van der Waals surface area contributed by atoms with E-state index in [1.165, 1.54) is 12.1 Å². The Morgan fingerprint density at radius 2 is 1.00 bits per heavy atom. The fraction of sp³-hybridized carbons (Fsp3) is 0.576. The predicted molar refractivity (Wildman–Crippen MR) is 160 cm³/mol. The maximum Gasteiger partial charge on any atom is 0.335 e. The van der Waals surface area contributed by atoms with E-state index in [4.69, 9.17) is 18.9 Å². The van der Waals surface area contributed by atoms with Gasteiger partial charge in [0.05, 0.1) is 30.9 Å². The molecule has 0 bridgehead atoms. The molecule has 0 atom stereocenters. The molecule has 0 spiro atoms. The van der Waals surface area contributed by atoms with Gasteiger partial charge in [-0.1, -0.05) is 78.6 Å². The largest absolute Gasteiger partial charge is 0.490 e. The monoisotopic (exact) mass is 572 g/mol. The first-order valence-corrected chi connectivity index (χ1v) is 15.2. The molecule has 228 valence electrons. The van der Waals surface area contributed by atoms with E-state index in [0.29, 0.717) is 37.1 Å². The molecule has 0 radical (unpaired) electrons. The number of carboxylic acid groups (broad SMARTS) is 2. The van der Waals surface area contributed by atoms with Crippen molar-refractivity contribution in [3.8, 4) is 23.0 Å². The lowest BCUT2D eigenvalue weighted by molar-refractivity contribution is 0.0696. The van der Waals surface area contributed by atoms with Crippen molar-refractivity contribution in [2.45, 2.75) is 104 Å². The molecule has 0 saturated heterocycles. The number of carboxylic acids is 2. The number of unbranched alkanes of at least 4 members (excludes halogenated alkanes) is 9. The molecule has 0 heterocycles. The van der Waals surface area contributed by atoms with Gasteiger partial charge >= 0.3 is 11.9 Å². The zero-order valence-electron chi connectivity index (χ0n) is 25.0. The second-order valence-electron chi connectivity index (χ2n) is 10.3. The number of hydrogen-bond donors (Lipinski definition) is 2. The van der Waals surface area contributed by atoms with Crippen molar-refractivity contribution >= 4 is 11.9 Å². The van der Waals surface area contributed by atoms with Crippen molar-refractivity contribution in [1.29, 1.82) is 0 Å². The van der Waals surface area contributed by atoms with E-state index >= 15 is 0 Å². The van der Waals surface area contributed by atoms with E-state index in [-0.39, 0.29) is 23.5 Å². The van der Waals surface area contributed by atoms with Crippen LogP contribution < -0.4 is 18.9 Å². The second-order valence-corrected chi connectivity index (χ2v) is 10.3. The Morgan fingerprint density at radius 3 is 1.41 bits per heavy atom. The standard InChI is InChI=1S/C33H48O8/c1-4-7-10-13-16-38-29-19-25(24-41-28-22-26(32(34)35)21-27(23-28)33(36)37)20-30(39-17-14-11-8-5-2)31(29)40-18-15-12-9-6-3/h19-23H,4-18,24H2,1-3H3,(H,34,35)(H,36,37). The second kappa shape index (κ2) is 19.6. The fourth-order valence-corrected chi connectivity index (χ4v) is 4.29. The molecule has 0 aromatic heterocycles. The highest BCUT2D eigenvalue weighted by Gasteiger charge is 2.18. The quantitative estimate of drug-likeness (QED) is 0.127. The van der Waals surface area contributed by atoms with E-state index in [1.54, 1.807) is 0 Å². The molecule has 0 aliphatic rings. The molecular formula is C33H48O8. The third-order valence-electron chi connectivity index (χ3n) is 6.64. The summed E-state index contributed by atoms with van der Waals surface area (Å²) in [5.74, 6) is -0.522. The molecule has 0 aliphatic carbocycles. The van der Waals surface area contributed by atoms with Crippen LogP contribution in [0.2, 0.25) is 0 Å². The topological polar surface area (TPSA) is 112 Å². The highest BCUT2D eigenvalue weighted by atomic mass is 16.5. The molecule has 2 aromatic rings. The molecule has 8 nitrogen and oxygen atoms in total. The maximum absolute atomic E-state index is 11.5. The summed E-state index contributed by atoms with van der Waals surface area (Å²) in [4.78, 5) is 23.0. The lowest BCUT2D eigenvalue weighted by Crippen LogP contribution is -2.08. The van der Waals surface area contributed by atoms with Gasteiger partial charge in [-0.3, -0.25) is 0 Å². The van der Waals surface area contributed by atoms with Crippen LogP contribution in [0.4, 0.5) is 0 Å². The van der Waals surface area contributed by atoms with E-state index in [2.05, 4.69) is 20.8 Å². The Hall–Kier alpha value is -3.42. The van der Waals surface area contributed by atoms with Gasteiger partial charge in [-0.2, -0.15) is 0 Å². The van der Waals surface area contributed by atoms with Crippen LogP contribution in [0.1, 0.15) is 124 Å². The van der Waals surface area contributed by atoms with Gasteiger partial charge < -0.3 is 29.2 Å². The smallest absolute Gasteiger partial charge is 0.335 e. The molecule has 8 heteroatoms. The molecule has 0 saturated carbocycles. The summed E-state index contributed by atoms with van der Waals surface area (Å²) in [5, 5.41) is 18.8. The zero-order chi connectivity index (χ0) is 29.9. The van der Waals surface area contributed by atoms with Crippen LogP contribution in [-0.2, 0) is 6.61 Å². The van der Waals surface area contributed by atoms with Gasteiger partial charge in [-0.15, -0.1) is 0 Å². The van der Waals surface area contributed by atoms with Crippen LogP contribution in [0.25, 0.3) is 0 Å². The summed E-state index contributed by atoms with van der Waals surface area (Å²) < 4.78 is 24.6. The maximum atomic E-state index is 11.5. The number of rotatable bonds is 23. The first-order chi connectivity index (χ1) is 19.9. The first kappa shape index (κ1) is 33.8. The Balaban J connectivity index is 2.32. The van der Waals surface area contributed by atoms with Gasteiger partial charge in [-0.25, -0.2) is 9.59 Å². The van der Waals surface area contributed by atoms with Gasteiger partial charge in [-0.05, 0) is 55.2 Å². The molecule has 0 aliphatic heterocycles. The number of carbonyl (C=O) groups is 2. The number of benzene rings is 2. The van der Waals surface area contributed by atoms with Crippen LogP contribution in [0.15, 0.2) is 30.3 Å². The van der Waals surface area contributed by atoms with Gasteiger partial charge in [0, 0.05) is 0 Å². The molecule has 41 heavy (non-hydrogen) atoms. The van der Waals surface area contributed by atoms with Gasteiger partial charge in [0.15, 0.2) is 11.5 Å². The van der Waals surface area contributed by atoms with E-state index < -0.39 is 11.9 Å². The lowest BCUT2D eigenvalue weighted by Gasteiger charge is -2.19. The Labute approximate surface area is 245 Å². The summed E-state index contributed by atoms with van der Waals surface area (Å²) in [7, 11) is 0. The third kappa shape index (κ3) is 12.7. The number of aromatic carboxylic acids is 2. The van der Waals surface area contributed by atoms with E-state index in [0.717, 1.165) is 88.7 Å². The average molecular weight is 573 g/mol. The van der Waals surface area contributed by atoms with Gasteiger partial charge in [0.1, 0.15) is 12.4 Å². The summed E-state index contributed by atoms with van der Waals surface area (Å²) in [6.45, 7) is 8.25. The zero-order valence-corrected chi connectivity index (χ0v) is 25.0. The lowest BCUT2D eigenvalue weighted by atomic mass is 10.1. The van der Waals surface area contributed by atoms with Gasteiger partial charge in [0.2, 0.25) is 5.75 Å². The highest BCUT2D eigenvalue weighted by molar-refractivity contribution is 5.94. The van der Waals surface area contributed by atoms with Crippen molar-refractivity contribution in [3.05, 3.63) is 47.0 Å². The highest BCUT2D eigenvalue weighted by Crippen LogP contribution is 2.40. The minimum Gasteiger partial charge on any atom is -0.490 e. The van der Waals surface area contributed by atoms with Crippen LogP contribution in [0, 0.1) is 0 Å². The molecular weight excluding hydrogens is 524 g/mol. The van der Waals surface area contributed by atoms with Crippen LogP contribution in [-0.4, -0.2) is 42.0 Å². The average Bonchev–Trinajstić information content (AvgIpc) is 2.96. The van der Waals surface area contributed by atoms with Crippen molar-refractivity contribution in [3.63, 3.8) is 0 Å². The fourth-order valence-electron chi connectivity index (χ4n) is 4.29. The number of ether oxygens (including phenoxy) is 4. The Bertz CT molecular complexity index is 998. The summed E-state index contributed by atoms with van der Waals surface area (Å²) in [5.41, 5.74) is 0.436. The Morgan fingerprint density at radius 1 is 0.561 bits per heavy atom. The van der Waals surface area contributed by atoms with Crippen LogP contribution >= 0.6 is 0 Å². The minimum atomic E-state index is -1.23. The van der Waals surface area contributed by atoms with Gasteiger partial charge in [0.25, 0.3) is 0 Å². The molecule has 0 unspecified atom stereocenters. The third-order valence-corrected chi connectivity index (χ3v) is 6.64. The summed E-state index contributed by atoms with van der Waals surface area (Å²) in [6.07, 6.45) is 12.9. The number of hydrogen-bond acceptors (Lipinski definition) is 6. The molecule has 0 amide bonds. The van der Waals surface area contributed by atoms with E-state index in [9.17, 15) is 19.8 Å². The molecule has 2 N–H and O–H groups in total. The summed E-state index contributed by atoms with van der Waals surface area (Å²) in [6, 6.07) is 7.48. The summed E-state index contributed by atoms with van der Waals surface area (Å²) >= 11 is 0. The first-order valence-electron chi connectivity index (χ1n) is 15.2. The SMILES string of the molecule is CCCCCCOc1cc(COc2cc(C(=O)O)cc(C(=O)O)c2)cc(OCCCCCC)c1OCCCCCC. The minimum absolute atomic E-state index is 0.0668. The predicted octanol–water partition coefficient (Wildman–Crippen LogP) is 8.54. The van der Waals surface area contributed by atoms with E-state index in [1.807, 2.05) is 12.1 Å². The van der Waals surface area contributed by atoms with Crippen molar-refractivity contribution in [1.82, 2.24) is 0 Å². The van der Waals surface area contributed by atoms with Crippen molar-refractivity contribution < 1.29 is 38.7 Å². The Kier molecular flexibility index (Phi) is 16.2. The van der Waals surface area contributed by atoms with Crippen molar-refractivity contribution in [2.75, 3.05) is 19.8 Å². The van der Waals surface area contributed by atoms with Crippen molar-refractivity contribution in [2.24, 2.45) is 0 Å². The molecule has 2 aromatic carbocycles. The van der Waals surface area contributed by atoms with Crippen LogP contribution in [0.3, 0.4) is 0 Å². The van der Waals surface area contributed by atoms with Crippen LogP contribution in [0.5, 0.6) is 23.0 Å².